The van der Waals surface area contributed by atoms with E-state index in [2.05, 4.69) is 26.0 Å². The van der Waals surface area contributed by atoms with Crippen molar-refractivity contribution in [3.8, 4) is 6.07 Å². The summed E-state index contributed by atoms with van der Waals surface area (Å²) < 4.78 is 0. The number of rotatable bonds is 3. The Morgan fingerprint density at radius 1 is 1.26 bits per heavy atom. The molecule has 3 rings (SSSR count). The van der Waals surface area contributed by atoms with Crippen LogP contribution in [0, 0.1) is 17.2 Å². The number of nitrogens with one attached hydrogen (secondary N) is 1. The van der Waals surface area contributed by atoms with Crippen molar-refractivity contribution in [2.24, 2.45) is 5.92 Å². The SMILES string of the molecule is N#C[C@@H](Sc1ncnc2nc[nH]c12)C1CCCCC1. The number of nitriles is 1. The monoisotopic (exact) mass is 273 g/mol. The lowest BCUT2D eigenvalue weighted by atomic mass is 9.87. The van der Waals surface area contributed by atoms with Crippen molar-refractivity contribution >= 4 is 22.9 Å². The Balaban J connectivity index is 1.82. The van der Waals surface area contributed by atoms with Crippen molar-refractivity contribution in [3.05, 3.63) is 12.7 Å². The van der Waals surface area contributed by atoms with E-state index in [1.54, 1.807) is 18.1 Å². The quantitative estimate of drug-likeness (QED) is 0.687. The van der Waals surface area contributed by atoms with Gasteiger partial charge in [-0.1, -0.05) is 31.0 Å². The fraction of sp³-hybridized carbons (Fsp3) is 0.538. The first-order valence-electron chi connectivity index (χ1n) is 6.59. The third kappa shape index (κ3) is 2.56. The molecular formula is C13H15N5S. The molecule has 2 heterocycles. The molecule has 0 aliphatic heterocycles. The molecule has 0 bridgehead atoms. The third-order valence-electron chi connectivity index (χ3n) is 3.63. The number of nitrogens with zero attached hydrogens (tertiary/aromatic N) is 4. The first-order chi connectivity index (χ1) is 9.38. The number of imidazole rings is 1. The molecule has 2 aromatic rings. The van der Waals surface area contributed by atoms with Crippen LogP contribution in [0.15, 0.2) is 17.7 Å². The van der Waals surface area contributed by atoms with Crippen LogP contribution in [0.5, 0.6) is 0 Å². The number of hydrogen-bond acceptors (Lipinski definition) is 5. The van der Waals surface area contributed by atoms with Crippen LogP contribution >= 0.6 is 11.8 Å². The molecule has 5 nitrogen and oxygen atoms in total. The van der Waals surface area contributed by atoms with E-state index in [4.69, 9.17) is 0 Å². The van der Waals surface area contributed by atoms with Crippen molar-refractivity contribution < 1.29 is 0 Å². The summed E-state index contributed by atoms with van der Waals surface area (Å²) >= 11 is 1.55. The molecule has 0 saturated heterocycles. The van der Waals surface area contributed by atoms with Gasteiger partial charge in [0.25, 0.3) is 0 Å². The summed E-state index contributed by atoms with van der Waals surface area (Å²) in [5.74, 6) is 0.483. The van der Waals surface area contributed by atoms with Crippen LogP contribution in [0.4, 0.5) is 0 Å². The molecule has 19 heavy (non-hydrogen) atoms. The van der Waals surface area contributed by atoms with Crippen molar-refractivity contribution in [1.29, 1.82) is 5.26 Å². The minimum absolute atomic E-state index is 0.0262. The fourth-order valence-electron chi connectivity index (χ4n) is 2.62. The standard InChI is InChI=1S/C13H15N5S/c14-6-10(9-4-2-1-3-5-9)19-13-11-12(16-7-15-11)17-8-18-13/h7-10H,1-5H2,(H,15,16,17,18)/t10-/m1/s1. The predicted molar refractivity (Wildman–Crippen MR) is 73.5 cm³/mol. The van der Waals surface area contributed by atoms with E-state index in [1.807, 2.05) is 0 Å². The maximum Gasteiger partial charge on any atom is 0.181 e. The zero-order valence-electron chi connectivity index (χ0n) is 10.5. The Labute approximate surface area is 115 Å². The van der Waals surface area contributed by atoms with Gasteiger partial charge in [-0.05, 0) is 18.8 Å². The minimum atomic E-state index is -0.0262. The summed E-state index contributed by atoms with van der Waals surface area (Å²) in [4.78, 5) is 15.6. The molecule has 1 aliphatic carbocycles. The van der Waals surface area contributed by atoms with Crippen LogP contribution in [-0.4, -0.2) is 25.2 Å². The zero-order valence-corrected chi connectivity index (χ0v) is 11.4. The van der Waals surface area contributed by atoms with Gasteiger partial charge in [-0.2, -0.15) is 5.26 Å². The number of aromatic nitrogens is 4. The van der Waals surface area contributed by atoms with Crippen LogP contribution < -0.4 is 0 Å². The van der Waals surface area contributed by atoms with Gasteiger partial charge in [-0.25, -0.2) is 15.0 Å². The molecule has 0 amide bonds. The maximum absolute atomic E-state index is 9.42. The third-order valence-corrected chi connectivity index (χ3v) is 4.91. The minimum Gasteiger partial charge on any atom is -0.341 e. The van der Waals surface area contributed by atoms with Crippen LogP contribution in [0.25, 0.3) is 11.2 Å². The molecule has 1 aliphatic rings. The molecule has 6 heteroatoms. The summed E-state index contributed by atoms with van der Waals surface area (Å²) in [5.41, 5.74) is 1.50. The average molecular weight is 273 g/mol. The van der Waals surface area contributed by atoms with E-state index in [9.17, 15) is 5.26 Å². The molecule has 0 aromatic carbocycles. The van der Waals surface area contributed by atoms with E-state index >= 15 is 0 Å². The first kappa shape index (κ1) is 12.4. The van der Waals surface area contributed by atoms with Crippen LogP contribution in [-0.2, 0) is 0 Å². The molecular weight excluding hydrogens is 258 g/mol. The van der Waals surface area contributed by atoms with Crippen molar-refractivity contribution in [2.75, 3.05) is 0 Å². The maximum atomic E-state index is 9.42. The van der Waals surface area contributed by atoms with Gasteiger partial charge in [0, 0.05) is 0 Å². The summed E-state index contributed by atoms with van der Waals surface area (Å²) in [6.45, 7) is 0. The van der Waals surface area contributed by atoms with E-state index in [0.29, 0.717) is 11.6 Å². The topological polar surface area (TPSA) is 78.2 Å². The van der Waals surface area contributed by atoms with Crippen molar-refractivity contribution in [1.82, 2.24) is 19.9 Å². The fourth-order valence-corrected chi connectivity index (χ4v) is 3.75. The van der Waals surface area contributed by atoms with Gasteiger partial charge in [-0.3, -0.25) is 0 Å². The van der Waals surface area contributed by atoms with E-state index in [0.717, 1.165) is 23.4 Å². The van der Waals surface area contributed by atoms with Crippen molar-refractivity contribution in [2.45, 2.75) is 42.4 Å². The number of fused-ring (bicyclic) bond motifs is 1. The highest BCUT2D eigenvalue weighted by atomic mass is 32.2. The summed E-state index contributed by atoms with van der Waals surface area (Å²) in [6, 6.07) is 2.45. The molecule has 0 spiro atoms. The van der Waals surface area contributed by atoms with Gasteiger partial charge in [0.05, 0.1) is 12.4 Å². The predicted octanol–water partition coefficient (Wildman–Crippen LogP) is 2.92. The molecule has 1 fully saturated rings. The molecule has 1 saturated carbocycles. The molecule has 0 radical (unpaired) electrons. The Morgan fingerprint density at radius 3 is 2.89 bits per heavy atom. The van der Waals surface area contributed by atoms with Gasteiger partial charge in [0.2, 0.25) is 0 Å². The lowest BCUT2D eigenvalue weighted by Gasteiger charge is -2.24. The van der Waals surface area contributed by atoms with Gasteiger partial charge in [-0.15, -0.1) is 0 Å². The van der Waals surface area contributed by atoms with Gasteiger partial charge < -0.3 is 4.98 Å². The zero-order chi connectivity index (χ0) is 13.1. The molecule has 98 valence electrons. The van der Waals surface area contributed by atoms with Crippen LogP contribution in [0.3, 0.4) is 0 Å². The summed E-state index contributed by atoms with van der Waals surface area (Å²) in [6.07, 6.45) is 9.23. The van der Waals surface area contributed by atoms with E-state index < -0.39 is 0 Å². The van der Waals surface area contributed by atoms with E-state index in [-0.39, 0.29) is 5.25 Å². The van der Waals surface area contributed by atoms with E-state index in [1.165, 1.54) is 25.6 Å². The molecule has 1 N–H and O–H groups in total. The molecule has 1 atom stereocenters. The Kier molecular flexibility index (Phi) is 3.65. The largest absolute Gasteiger partial charge is 0.341 e. The van der Waals surface area contributed by atoms with Crippen LogP contribution in [0.1, 0.15) is 32.1 Å². The highest BCUT2D eigenvalue weighted by molar-refractivity contribution is 8.00. The Morgan fingerprint density at radius 2 is 2.11 bits per heavy atom. The lowest BCUT2D eigenvalue weighted by Crippen LogP contribution is -2.18. The number of thioether (sulfide) groups is 1. The molecule has 0 unspecified atom stereocenters. The van der Waals surface area contributed by atoms with Gasteiger partial charge in [0.1, 0.15) is 22.1 Å². The normalized spacial score (nSPS) is 18.3. The number of aromatic amines is 1. The van der Waals surface area contributed by atoms with Gasteiger partial charge >= 0.3 is 0 Å². The molecule has 2 aromatic heterocycles. The van der Waals surface area contributed by atoms with Gasteiger partial charge in [0.15, 0.2) is 5.65 Å². The van der Waals surface area contributed by atoms with Crippen LogP contribution in [0.2, 0.25) is 0 Å². The highest BCUT2D eigenvalue weighted by Gasteiger charge is 2.25. The Bertz CT molecular complexity index is 596. The second kappa shape index (κ2) is 5.57. The Hall–Kier alpha value is -1.61. The summed E-state index contributed by atoms with van der Waals surface area (Å²) in [7, 11) is 0. The second-order valence-electron chi connectivity index (χ2n) is 4.85. The first-order valence-corrected chi connectivity index (χ1v) is 7.47. The highest BCUT2D eigenvalue weighted by Crippen LogP contribution is 2.36. The lowest BCUT2D eigenvalue weighted by molar-refractivity contribution is 0.370. The van der Waals surface area contributed by atoms with Crippen molar-refractivity contribution in [3.63, 3.8) is 0 Å². The summed E-state index contributed by atoms with van der Waals surface area (Å²) in [5, 5.41) is 10.2. The number of H-pyrrole nitrogens is 1. The average Bonchev–Trinajstić information content (AvgIpc) is 2.95. The number of hydrogen-bond donors (Lipinski definition) is 1. The smallest absolute Gasteiger partial charge is 0.181 e. The second-order valence-corrected chi connectivity index (χ2v) is 5.98.